The summed E-state index contributed by atoms with van der Waals surface area (Å²) >= 11 is 0. The Labute approximate surface area is 201 Å². The second-order valence-electron chi connectivity index (χ2n) is 8.52. The molecular weight excluding hydrogens is 446 g/mol. The first-order valence-corrected chi connectivity index (χ1v) is 11.7. The molecule has 1 fully saturated rings. The van der Waals surface area contributed by atoms with Crippen molar-refractivity contribution >= 4 is 34.5 Å². The summed E-state index contributed by atoms with van der Waals surface area (Å²) < 4.78 is 12.9. The van der Waals surface area contributed by atoms with Crippen molar-refractivity contribution in [2.75, 3.05) is 30.5 Å². The van der Waals surface area contributed by atoms with Gasteiger partial charge in [0, 0.05) is 38.3 Å². The normalized spacial score (nSPS) is 14.6. The molecule has 0 bridgehead atoms. The first-order chi connectivity index (χ1) is 17.2. The van der Waals surface area contributed by atoms with E-state index < -0.39 is 0 Å². The summed E-state index contributed by atoms with van der Waals surface area (Å²) in [7, 11) is 0. The molecule has 0 aliphatic carbocycles. The zero-order chi connectivity index (χ0) is 23.6. The average Bonchev–Trinajstić information content (AvgIpc) is 3.62. The van der Waals surface area contributed by atoms with Gasteiger partial charge in [-0.1, -0.05) is 24.3 Å². The lowest BCUT2D eigenvalue weighted by molar-refractivity contribution is -0.127. The fraction of sp³-hybridized carbons (Fsp3) is 0.280. The molecule has 2 aliphatic heterocycles. The molecular formula is C25H25N7O3. The number of para-hydroxylation sites is 1. The first kappa shape index (κ1) is 21.2. The quantitative estimate of drug-likeness (QED) is 0.402. The number of imidazole rings is 1. The smallest absolute Gasteiger partial charge is 0.231 e. The number of aromatic nitrogens is 4. The Balaban J connectivity index is 1.28. The van der Waals surface area contributed by atoms with Crippen LogP contribution < -0.4 is 20.1 Å². The number of hydrogen-bond acceptors (Lipinski definition) is 8. The van der Waals surface area contributed by atoms with E-state index in [1.165, 1.54) is 0 Å². The summed E-state index contributed by atoms with van der Waals surface area (Å²) in [6.45, 7) is 2.82. The standard InChI is InChI=1S/C25H25N7O3/c33-21-7-4-10-31(21)11-12-32-15-27-22-23(28-18-5-2-1-3-6-18)29-25(30-24(22)32)26-14-17-8-9-19-20(13-17)35-16-34-19/h1-3,5-6,8-9,13,15H,4,7,10-12,14,16H2,(H2,26,28,29,30). The molecule has 4 aromatic rings. The molecule has 0 radical (unpaired) electrons. The highest BCUT2D eigenvalue weighted by Crippen LogP contribution is 2.32. The van der Waals surface area contributed by atoms with Gasteiger partial charge in [0.15, 0.2) is 28.5 Å². The van der Waals surface area contributed by atoms with Crippen molar-refractivity contribution in [3.63, 3.8) is 0 Å². The second kappa shape index (κ2) is 9.13. The molecule has 1 amide bonds. The van der Waals surface area contributed by atoms with E-state index >= 15 is 0 Å². The number of likely N-dealkylation sites (tertiary alicyclic amines) is 1. The van der Waals surface area contributed by atoms with Gasteiger partial charge in [0.2, 0.25) is 18.6 Å². The highest BCUT2D eigenvalue weighted by Gasteiger charge is 2.21. The number of hydrogen-bond donors (Lipinski definition) is 2. The van der Waals surface area contributed by atoms with Gasteiger partial charge in [-0.25, -0.2) is 4.98 Å². The average molecular weight is 472 g/mol. The maximum absolute atomic E-state index is 12.0. The van der Waals surface area contributed by atoms with Gasteiger partial charge in [-0.05, 0) is 36.2 Å². The maximum atomic E-state index is 12.0. The largest absolute Gasteiger partial charge is 0.454 e. The third kappa shape index (κ3) is 4.42. The summed E-state index contributed by atoms with van der Waals surface area (Å²) in [5, 5.41) is 6.70. The van der Waals surface area contributed by atoms with Gasteiger partial charge in [0.25, 0.3) is 0 Å². The second-order valence-corrected chi connectivity index (χ2v) is 8.52. The SMILES string of the molecule is O=C1CCCN1CCn1cnc2c(Nc3ccccc3)nc(NCc3ccc4c(c3)OCO4)nc21. The van der Waals surface area contributed by atoms with E-state index in [2.05, 4.69) is 15.6 Å². The number of anilines is 3. The van der Waals surface area contributed by atoms with Gasteiger partial charge >= 0.3 is 0 Å². The molecule has 1 saturated heterocycles. The Morgan fingerprint density at radius 2 is 1.89 bits per heavy atom. The van der Waals surface area contributed by atoms with Gasteiger partial charge in [-0.2, -0.15) is 9.97 Å². The van der Waals surface area contributed by atoms with Crippen LogP contribution >= 0.6 is 0 Å². The predicted octanol–water partition coefficient (Wildman–Crippen LogP) is 3.53. The minimum atomic E-state index is 0.210. The van der Waals surface area contributed by atoms with Crippen molar-refractivity contribution in [2.24, 2.45) is 0 Å². The van der Waals surface area contributed by atoms with Crippen molar-refractivity contribution < 1.29 is 14.3 Å². The Hall–Kier alpha value is -4.34. The molecule has 0 saturated carbocycles. The van der Waals surface area contributed by atoms with E-state index in [-0.39, 0.29) is 12.7 Å². The number of rotatable bonds is 8. The van der Waals surface area contributed by atoms with Gasteiger partial charge in [0.1, 0.15) is 0 Å². The van der Waals surface area contributed by atoms with Gasteiger partial charge < -0.3 is 29.6 Å². The lowest BCUT2D eigenvalue weighted by atomic mass is 10.2. The number of fused-ring (bicyclic) bond motifs is 2. The fourth-order valence-corrected chi connectivity index (χ4v) is 4.33. The summed E-state index contributed by atoms with van der Waals surface area (Å²) in [4.78, 5) is 28.0. The Kier molecular flexibility index (Phi) is 5.53. The summed E-state index contributed by atoms with van der Waals surface area (Å²) in [6.07, 6.45) is 3.31. The van der Waals surface area contributed by atoms with Gasteiger partial charge in [-0.3, -0.25) is 4.79 Å². The minimum Gasteiger partial charge on any atom is -0.454 e. The van der Waals surface area contributed by atoms with Crippen LogP contribution in [0.4, 0.5) is 17.5 Å². The molecule has 2 N–H and O–H groups in total. The number of carbonyl (C=O) groups excluding carboxylic acids is 1. The number of nitrogens with zero attached hydrogens (tertiary/aromatic N) is 5. The van der Waals surface area contributed by atoms with E-state index in [9.17, 15) is 4.79 Å². The third-order valence-electron chi connectivity index (χ3n) is 6.17. The zero-order valence-corrected chi connectivity index (χ0v) is 19.1. The van der Waals surface area contributed by atoms with Crippen LogP contribution in [0.1, 0.15) is 18.4 Å². The van der Waals surface area contributed by atoms with E-state index in [1.54, 1.807) is 6.33 Å². The van der Waals surface area contributed by atoms with Crippen LogP contribution in [0.15, 0.2) is 54.9 Å². The Morgan fingerprint density at radius 1 is 1.00 bits per heavy atom. The number of nitrogens with one attached hydrogen (secondary N) is 2. The Bertz CT molecular complexity index is 1370. The third-order valence-corrected chi connectivity index (χ3v) is 6.17. The molecule has 2 aromatic carbocycles. The van der Waals surface area contributed by atoms with Crippen molar-refractivity contribution in [3.8, 4) is 11.5 Å². The van der Waals surface area contributed by atoms with E-state index in [0.717, 1.165) is 35.7 Å². The van der Waals surface area contributed by atoms with Crippen LogP contribution in [0.25, 0.3) is 11.2 Å². The van der Waals surface area contributed by atoms with Crippen LogP contribution in [0.5, 0.6) is 11.5 Å². The number of carbonyl (C=O) groups is 1. The lowest BCUT2D eigenvalue weighted by Crippen LogP contribution is -2.28. The van der Waals surface area contributed by atoms with Gasteiger partial charge in [0.05, 0.1) is 6.33 Å². The van der Waals surface area contributed by atoms with Crippen molar-refractivity contribution in [1.29, 1.82) is 0 Å². The molecule has 0 spiro atoms. The van der Waals surface area contributed by atoms with Crippen molar-refractivity contribution in [3.05, 3.63) is 60.4 Å². The lowest BCUT2D eigenvalue weighted by Gasteiger charge is -2.16. The monoisotopic (exact) mass is 471 g/mol. The molecule has 0 unspecified atom stereocenters. The molecule has 178 valence electrons. The Morgan fingerprint density at radius 3 is 2.74 bits per heavy atom. The number of ether oxygens (including phenoxy) is 2. The van der Waals surface area contributed by atoms with Crippen LogP contribution in [0, 0.1) is 0 Å². The predicted molar refractivity (Wildman–Crippen MR) is 131 cm³/mol. The number of benzene rings is 2. The van der Waals surface area contributed by atoms with E-state index in [1.807, 2.05) is 58.0 Å². The topological polar surface area (TPSA) is 106 Å². The highest BCUT2D eigenvalue weighted by atomic mass is 16.7. The van der Waals surface area contributed by atoms with Crippen molar-refractivity contribution in [1.82, 2.24) is 24.4 Å². The van der Waals surface area contributed by atoms with Gasteiger partial charge in [-0.15, -0.1) is 0 Å². The summed E-state index contributed by atoms with van der Waals surface area (Å²) in [5.74, 6) is 2.79. The fourth-order valence-electron chi connectivity index (χ4n) is 4.33. The molecule has 10 nitrogen and oxygen atoms in total. The molecule has 35 heavy (non-hydrogen) atoms. The molecule has 2 aliphatic rings. The maximum Gasteiger partial charge on any atom is 0.231 e. The molecule has 6 rings (SSSR count). The van der Waals surface area contributed by atoms with Crippen molar-refractivity contribution in [2.45, 2.75) is 25.9 Å². The van der Waals surface area contributed by atoms with Crippen LogP contribution in [-0.4, -0.2) is 50.2 Å². The minimum absolute atomic E-state index is 0.210. The molecule has 10 heteroatoms. The summed E-state index contributed by atoms with van der Waals surface area (Å²) in [6, 6.07) is 15.7. The molecule has 4 heterocycles. The highest BCUT2D eigenvalue weighted by molar-refractivity contribution is 5.86. The number of amides is 1. The zero-order valence-electron chi connectivity index (χ0n) is 19.1. The van der Waals surface area contributed by atoms with Crippen LogP contribution in [0.2, 0.25) is 0 Å². The van der Waals surface area contributed by atoms with Crippen LogP contribution in [0.3, 0.4) is 0 Å². The first-order valence-electron chi connectivity index (χ1n) is 11.7. The van der Waals surface area contributed by atoms with E-state index in [4.69, 9.17) is 19.4 Å². The molecule has 2 aromatic heterocycles. The van der Waals surface area contributed by atoms with E-state index in [0.29, 0.717) is 49.0 Å². The van der Waals surface area contributed by atoms with Crippen LogP contribution in [-0.2, 0) is 17.9 Å². The molecule has 0 atom stereocenters. The summed E-state index contributed by atoms with van der Waals surface area (Å²) in [5.41, 5.74) is 3.32.